The Bertz CT molecular complexity index is 618. The van der Waals surface area contributed by atoms with Crippen molar-refractivity contribution in [3.63, 3.8) is 0 Å². The summed E-state index contributed by atoms with van der Waals surface area (Å²) >= 11 is 1.66. The summed E-state index contributed by atoms with van der Waals surface area (Å²) in [5.74, 6) is 0.736. The maximum atomic E-state index is 13.0. The highest BCUT2D eigenvalue weighted by Gasteiger charge is 2.42. The van der Waals surface area contributed by atoms with Gasteiger partial charge >= 0.3 is 12.0 Å². The Balaban J connectivity index is 2.10. The first-order valence-electron chi connectivity index (χ1n) is 9.92. The highest BCUT2D eigenvalue weighted by Crippen LogP contribution is 2.34. The second-order valence-electron chi connectivity index (χ2n) is 7.34. The summed E-state index contributed by atoms with van der Waals surface area (Å²) in [5.41, 5.74) is 1.97. The number of esters is 1. The van der Waals surface area contributed by atoms with E-state index in [1.165, 1.54) is 5.56 Å². The van der Waals surface area contributed by atoms with Gasteiger partial charge in [0.15, 0.2) is 0 Å². The van der Waals surface area contributed by atoms with Crippen LogP contribution in [0.25, 0.3) is 0 Å². The molecule has 5 nitrogen and oxygen atoms in total. The average Bonchev–Trinajstić information content (AvgIpc) is 3.05. The Morgan fingerprint density at radius 1 is 1.26 bits per heavy atom. The second kappa shape index (κ2) is 10.6. The third-order valence-corrected chi connectivity index (χ3v) is 5.94. The molecule has 1 N–H and O–H groups in total. The first-order chi connectivity index (χ1) is 13.0. The molecule has 0 aromatic heterocycles. The number of thioether (sulfide) groups is 1. The zero-order valence-corrected chi connectivity index (χ0v) is 17.7. The fourth-order valence-corrected chi connectivity index (χ4v) is 4.65. The number of unbranched alkanes of at least 4 members (excludes halogenated alkanes) is 1. The highest BCUT2D eigenvalue weighted by atomic mass is 32.2. The van der Waals surface area contributed by atoms with Gasteiger partial charge in [0.25, 0.3) is 0 Å². The van der Waals surface area contributed by atoms with Crippen molar-refractivity contribution in [3.05, 3.63) is 29.8 Å². The van der Waals surface area contributed by atoms with Crippen LogP contribution in [0.4, 0.5) is 10.5 Å². The lowest BCUT2D eigenvalue weighted by Gasteiger charge is -2.29. The molecule has 0 unspecified atom stereocenters. The molecule has 27 heavy (non-hydrogen) atoms. The van der Waals surface area contributed by atoms with E-state index in [0.717, 1.165) is 31.4 Å². The van der Waals surface area contributed by atoms with E-state index in [2.05, 4.69) is 33.0 Å². The molecule has 1 aromatic carbocycles. The molecule has 1 saturated heterocycles. The van der Waals surface area contributed by atoms with Gasteiger partial charge in [-0.3, -0.25) is 4.90 Å². The van der Waals surface area contributed by atoms with Crippen LogP contribution in [0.5, 0.6) is 0 Å². The molecule has 2 rings (SSSR count). The summed E-state index contributed by atoms with van der Waals surface area (Å²) in [5, 5.41) is 2.95. The molecule has 1 heterocycles. The van der Waals surface area contributed by atoms with Gasteiger partial charge in [0.2, 0.25) is 0 Å². The molecule has 1 aliphatic heterocycles. The lowest BCUT2D eigenvalue weighted by molar-refractivity contribution is -0.148. The predicted octanol–water partition coefficient (Wildman–Crippen LogP) is 4.91. The van der Waals surface area contributed by atoms with Gasteiger partial charge < -0.3 is 10.1 Å². The van der Waals surface area contributed by atoms with Gasteiger partial charge in [0.05, 0.1) is 12.0 Å². The zero-order valence-electron chi connectivity index (χ0n) is 16.9. The number of nitrogens with one attached hydrogen (secondary N) is 1. The van der Waals surface area contributed by atoms with Crippen molar-refractivity contribution in [1.29, 1.82) is 0 Å². The molecule has 2 atom stereocenters. The molecule has 1 fully saturated rings. The second-order valence-corrected chi connectivity index (χ2v) is 8.55. The Hall–Kier alpha value is -1.69. The molecule has 0 radical (unpaired) electrons. The topological polar surface area (TPSA) is 58.6 Å². The summed E-state index contributed by atoms with van der Waals surface area (Å²) < 4.78 is 5.41. The number of carbonyl (C=O) groups excluding carboxylic acids is 2. The van der Waals surface area contributed by atoms with Gasteiger partial charge in [-0.25, -0.2) is 9.59 Å². The van der Waals surface area contributed by atoms with E-state index in [1.54, 1.807) is 16.7 Å². The number of urea groups is 1. The molecule has 0 spiro atoms. The monoisotopic (exact) mass is 392 g/mol. The summed E-state index contributed by atoms with van der Waals surface area (Å²) in [4.78, 5) is 27.2. The van der Waals surface area contributed by atoms with Crippen molar-refractivity contribution in [2.24, 2.45) is 5.92 Å². The van der Waals surface area contributed by atoms with E-state index in [1.807, 2.05) is 24.3 Å². The van der Waals surface area contributed by atoms with Crippen LogP contribution in [-0.2, 0) is 16.0 Å². The lowest BCUT2D eigenvalue weighted by Crippen LogP contribution is -2.48. The van der Waals surface area contributed by atoms with Crippen LogP contribution < -0.4 is 5.32 Å². The van der Waals surface area contributed by atoms with E-state index in [9.17, 15) is 9.59 Å². The maximum Gasteiger partial charge on any atom is 0.329 e. The van der Waals surface area contributed by atoms with Gasteiger partial charge in [-0.05, 0) is 42.9 Å². The van der Waals surface area contributed by atoms with Crippen LogP contribution in [-0.4, -0.2) is 40.7 Å². The SMILES string of the molecule is CCCCOC(=O)[C@H]1CS[C@H](CC(C)C)N1C(=O)Nc1ccc(CC)cc1. The number of ether oxygens (including phenoxy) is 1. The standard InChI is InChI=1S/C21H32N2O3S/c1-5-7-12-26-20(24)18-14-27-19(13-15(3)4)23(18)21(25)22-17-10-8-16(6-2)9-11-17/h8-11,15,18-19H,5-7,12-14H2,1-4H3,(H,22,25)/t18-,19-/m1/s1. The van der Waals surface area contributed by atoms with Crippen LogP contribution in [0.3, 0.4) is 0 Å². The molecule has 0 saturated carbocycles. The smallest absolute Gasteiger partial charge is 0.329 e. The van der Waals surface area contributed by atoms with Gasteiger partial charge in [-0.2, -0.15) is 0 Å². The fourth-order valence-electron chi connectivity index (χ4n) is 3.03. The summed E-state index contributed by atoms with van der Waals surface area (Å²) in [6.45, 7) is 8.83. The minimum absolute atomic E-state index is 0.0105. The minimum Gasteiger partial charge on any atom is -0.464 e. The number of anilines is 1. The van der Waals surface area contributed by atoms with E-state index < -0.39 is 6.04 Å². The molecule has 1 aliphatic rings. The molecule has 0 bridgehead atoms. The fraction of sp³-hybridized carbons (Fsp3) is 0.619. The van der Waals surface area contributed by atoms with Crippen LogP contribution in [0.1, 0.15) is 52.5 Å². The lowest BCUT2D eigenvalue weighted by atomic mass is 10.1. The Kier molecular flexibility index (Phi) is 8.48. The van der Waals surface area contributed by atoms with Crippen molar-refractivity contribution in [1.82, 2.24) is 4.90 Å². The number of amides is 2. The van der Waals surface area contributed by atoms with Crippen LogP contribution in [0.15, 0.2) is 24.3 Å². The molecular formula is C21H32N2O3S. The van der Waals surface area contributed by atoms with Gasteiger partial charge in [-0.15, -0.1) is 11.8 Å². The normalized spacial score (nSPS) is 19.4. The van der Waals surface area contributed by atoms with Gasteiger partial charge in [-0.1, -0.05) is 46.2 Å². The van der Waals surface area contributed by atoms with Crippen LogP contribution >= 0.6 is 11.8 Å². The van der Waals surface area contributed by atoms with Crippen molar-refractivity contribution < 1.29 is 14.3 Å². The van der Waals surface area contributed by atoms with Crippen molar-refractivity contribution in [3.8, 4) is 0 Å². The number of rotatable bonds is 8. The third kappa shape index (κ3) is 6.16. The van der Waals surface area contributed by atoms with Crippen molar-refractivity contribution >= 4 is 29.4 Å². The first kappa shape index (κ1) is 21.6. The largest absolute Gasteiger partial charge is 0.464 e. The van der Waals surface area contributed by atoms with E-state index in [-0.39, 0.29) is 17.4 Å². The minimum atomic E-state index is -0.523. The number of carbonyl (C=O) groups is 2. The number of hydrogen-bond acceptors (Lipinski definition) is 4. The summed E-state index contributed by atoms with van der Waals surface area (Å²) in [6.07, 6.45) is 3.63. The quantitative estimate of drug-likeness (QED) is 0.504. The molecule has 2 amide bonds. The van der Waals surface area contributed by atoms with E-state index >= 15 is 0 Å². The van der Waals surface area contributed by atoms with Gasteiger partial charge in [0, 0.05) is 11.4 Å². The van der Waals surface area contributed by atoms with Crippen LogP contribution in [0.2, 0.25) is 0 Å². The Morgan fingerprint density at radius 2 is 1.96 bits per heavy atom. The highest BCUT2D eigenvalue weighted by molar-refractivity contribution is 8.00. The van der Waals surface area contributed by atoms with Crippen LogP contribution in [0, 0.1) is 5.92 Å². The molecule has 150 valence electrons. The van der Waals surface area contributed by atoms with Gasteiger partial charge in [0.1, 0.15) is 6.04 Å². The number of aryl methyl sites for hydroxylation is 1. The Labute approximate surface area is 167 Å². The zero-order chi connectivity index (χ0) is 19.8. The Morgan fingerprint density at radius 3 is 2.56 bits per heavy atom. The molecule has 0 aliphatic carbocycles. The average molecular weight is 393 g/mol. The predicted molar refractivity (Wildman–Crippen MR) is 112 cm³/mol. The van der Waals surface area contributed by atoms with E-state index in [4.69, 9.17) is 4.74 Å². The summed E-state index contributed by atoms with van der Waals surface area (Å²) in [6, 6.07) is 7.09. The maximum absolute atomic E-state index is 13.0. The molecular weight excluding hydrogens is 360 g/mol. The molecule has 1 aromatic rings. The molecule has 6 heteroatoms. The van der Waals surface area contributed by atoms with E-state index in [0.29, 0.717) is 18.3 Å². The number of hydrogen-bond donors (Lipinski definition) is 1. The third-order valence-electron chi connectivity index (χ3n) is 4.63. The van der Waals surface area contributed by atoms with Crippen molar-refractivity contribution in [2.45, 2.75) is 64.8 Å². The number of nitrogens with zero attached hydrogens (tertiary/aromatic N) is 1. The first-order valence-corrected chi connectivity index (χ1v) is 11.0. The van der Waals surface area contributed by atoms with Crippen molar-refractivity contribution in [2.75, 3.05) is 17.7 Å². The number of benzene rings is 1. The summed E-state index contributed by atoms with van der Waals surface area (Å²) in [7, 11) is 0.